The Hall–Kier alpha value is -3.14. The van der Waals surface area contributed by atoms with Gasteiger partial charge in [0.2, 0.25) is 5.91 Å². The molecule has 0 bridgehead atoms. The lowest BCUT2D eigenvalue weighted by molar-refractivity contribution is -0.143. The fraction of sp³-hybridized carbons (Fsp3) is 0.389. The molecule has 1 amide bonds. The highest BCUT2D eigenvalue weighted by Crippen LogP contribution is 2.14. The summed E-state index contributed by atoms with van der Waals surface area (Å²) >= 11 is 0. The molecule has 2 aromatic heterocycles. The van der Waals surface area contributed by atoms with E-state index in [0.29, 0.717) is 18.8 Å². The normalized spacial score (nSPS) is 19.9. The molecule has 1 aromatic carbocycles. The Morgan fingerprint density at radius 1 is 1.29 bits per heavy atom. The van der Waals surface area contributed by atoms with E-state index in [4.69, 9.17) is 4.74 Å². The molecular formula is C18H19FN6O3. The molecule has 0 N–H and O–H groups in total. The average molecular weight is 386 g/mol. The van der Waals surface area contributed by atoms with Crippen LogP contribution in [0.5, 0.6) is 0 Å². The van der Waals surface area contributed by atoms with Crippen molar-refractivity contribution in [1.82, 2.24) is 29.4 Å². The molecule has 1 fully saturated rings. The Morgan fingerprint density at radius 2 is 2.04 bits per heavy atom. The first-order valence-corrected chi connectivity index (χ1v) is 8.92. The number of halogens is 1. The summed E-state index contributed by atoms with van der Waals surface area (Å²) in [4.78, 5) is 31.2. The van der Waals surface area contributed by atoms with Crippen molar-refractivity contribution >= 4 is 17.1 Å². The molecule has 10 heteroatoms. The second kappa shape index (κ2) is 7.12. The van der Waals surface area contributed by atoms with E-state index in [2.05, 4.69) is 15.3 Å². The first-order valence-electron chi connectivity index (χ1n) is 8.92. The van der Waals surface area contributed by atoms with Crippen molar-refractivity contribution in [3.05, 3.63) is 46.8 Å². The first kappa shape index (κ1) is 18.2. The quantitative estimate of drug-likeness (QED) is 0.659. The van der Waals surface area contributed by atoms with Crippen molar-refractivity contribution in [1.29, 1.82) is 0 Å². The fourth-order valence-electron chi connectivity index (χ4n) is 3.37. The number of benzene rings is 1. The molecule has 0 unspecified atom stereocenters. The van der Waals surface area contributed by atoms with Crippen LogP contribution in [0.25, 0.3) is 16.9 Å². The molecule has 3 aromatic rings. The van der Waals surface area contributed by atoms with Crippen LogP contribution in [0.2, 0.25) is 0 Å². The molecule has 0 saturated carbocycles. The minimum Gasteiger partial charge on any atom is -0.372 e. The molecule has 2 atom stereocenters. The van der Waals surface area contributed by atoms with E-state index in [1.807, 2.05) is 13.8 Å². The summed E-state index contributed by atoms with van der Waals surface area (Å²) in [6, 6.07) is 5.74. The molecule has 3 heterocycles. The molecule has 1 saturated heterocycles. The van der Waals surface area contributed by atoms with Gasteiger partial charge in [0.1, 0.15) is 18.7 Å². The van der Waals surface area contributed by atoms with Gasteiger partial charge in [0.15, 0.2) is 11.2 Å². The monoisotopic (exact) mass is 386 g/mol. The standard InChI is InChI=1S/C18H19FN6O3/c1-11-7-23(8-12(2)28-11)15(26)9-24-10-20-17-16(18(24)27)21-22-25(17)14-5-3-4-13(19)6-14/h3-6,10-12H,7-9H2,1-2H3/t11-,12+. The van der Waals surface area contributed by atoms with E-state index in [0.717, 1.165) is 0 Å². The third kappa shape index (κ3) is 3.38. The van der Waals surface area contributed by atoms with E-state index in [1.165, 1.54) is 33.8 Å². The largest absolute Gasteiger partial charge is 0.372 e. The van der Waals surface area contributed by atoms with Crippen LogP contribution in [0.15, 0.2) is 35.4 Å². The molecule has 1 aliphatic heterocycles. The third-order valence-electron chi connectivity index (χ3n) is 4.56. The fourth-order valence-corrected chi connectivity index (χ4v) is 3.37. The van der Waals surface area contributed by atoms with Gasteiger partial charge in [-0.15, -0.1) is 5.10 Å². The molecule has 146 valence electrons. The molecule has 0 spiro atoms. The zero-order valence-corrected chi connectivity index (χ0v) is 15.4. The van der Waals surface area contributed by atoms with Crippen molar-refractivity contribution < 1.29 is 13.9 Å². The summed E-state index contributed by atoms with van der Waals surface area (Å²) in [7, 11) is 0. The molecule has 1 aliphatic rings. The van der Waals surface area contributed by atoms with E-state index in [-0.39, 0.29) is 35.8 Å². The summed E-state index contributed by atoms with van der Waals surface area (Å²) < 4.78 is 21.6. The highest BCUT2D eigenvalue weighted by Gasteiger charge is 2.26. The lowest BCUT2D eigenvalue weighted by Gasteiger charge is -2.35. The minimum atomic E-state index is -0.477. The van der Waals surface area contributed by atoms with Gasteiger partial charge < -0.3 is 9.64 Å². The number of rotatable bonds is 3. The van der Waals surface area contributed by atoms with Gasteiger partial charge in [-0.25, -0.2) is 9.37 Å². The number of carbonyl (C=O) groups excluding carboxylic acids is 1. The van der Waals surface area contributed by atoms with Crippen LogP contribution < -0.4 is 5.56 Å². The number of carbonyl (C=O) groups is 1. The van der Waals surface area contributed by atoms with Gasteiger partial charge in [0.05, 0.1) is 17.9 Å². The predicted molar refractivity (Wildman–Crippen MR) is 97.5 cm³/mol. The lowest BCUT2D eigenvalue weighted by atomic mass is 10.2. The zero-order chi connectivity index (χ0) is 19.8. The maximum absolute atomic E-state index is 13.5. The smallest absolute Gasteiger partial charge is 0.284 e. The number of fused-ring (bicyclic) bond motifs is 1. The van der Waals surface area contributed by atoms with Gasteiger partial charge in [0, 0.05) is 13.1 Å². The topological polar surface area (TPSA) is 95.1 Å². The molecule has 0 radical (unpaired) electrons. The van der Waals surface area contributed by atoms with E-state index in [9.17, 15) is 14.0 Å². The van der Waals surface area contributed by atoms with Gasteiger partial charge in [-0.1, -0.05) is 11.3 Å². The predicted octanol–water partition coefficient (Wildman–Crippen LogP) is 0.752. The third-order valence-corrected chi connectivity index (χ3v) is 4.56. The van der Waals surface area contributed by atoms with Crippen LogP contribution in [0.4, 0.5) is 4.39 Å². The van der Waals surface area contributed by atoms with Crippen molar-refractivity contribution in [2.75, 3.05) is 13.1 Å². The Balaban J connectivity index is 1.62. The number of nitrogens with zero attached hydrogens (tertiary/aromatic N) is 6. The lowest BCUT2D eigenvalue weighted by Crippen LogP contribution is -2.49. The van der Waals surface area contributed by atoms with E-state index < -0.39 is 11.4 Å². The number of morpholine rings is 1. The number of ether oxygens (including phenoxy) is 1. The van der Waals surface area contributed by atoms with Crippen LogP contribution in [-0.4, -0.2) is 60.6 Å². The highest BCUT2D eigenvalue weighted by atomic mass is 19.1. The minimum absolute atomic E-state index is 0.0169. The van der Waals surface area contributed by atoms with Gasteiger partial charge in [-0.05, 0) is 32.0 Å². The van der Waals surface area contributed by atoms with Gasteiger partial charge in [-0.3, -0.25) is 14.2 Å². The molecule has 0 aliphatic carbocycles. The zero-order valence-electron chi connectivity index (χ0n) is 15.4. The summed E-state index contributed by atoms with van der Waals surface area (Å²) in [5, 5.41) is 7.79. The number of hydrogen-bond donors (Lipinski definition) is 0. The van der Waals surface area contributed by atoms with Crippen molar-refractivity contribution in [2.24, 2.45) is 0 Å². The summed E-state index contributed by atoms with van der Waals surface area (Å²) in [6.07, 6.45) is 1.17. The maximum Gasteiger partial charge on any atom is 0.284 e. The molecule has 9 nitrogen and oxygen atoms in total. The summed E-state index contributed by atoms with van der Waals surface area (Å²) in [5.41, 5.74) is 0.145. The Kier molecular flexibility index (Phi) is 4.63. The van der Waals surface area contributed by atoms with Crippen LogP contribution in [-0.2, 0) is 16.1 Å². The molecular weight excluding hydrogens is 367 g/mol. The first-order chi connectivity index (χ1) is 13.4. The molecule has 28 heavy (non-hydrogen) atoms. The van der Waals surface area contributed by atoms with Gasteiger partial charge in [0.25, 0.3) is 5.56 Å². The Morgan fingerprint density at radius 3 is 2.75 bits per heavy atom. The molecule has 4 rings (SSSR count). The number of hydrogen-bond acceptors (Lipinski definition) is 6. The summed E-state index contributed by atoms with van der Waals surface area (Å²) in [5.74, 6) is -0.628. The summed E-state index contributed by atoms with van der Waals surface area (Å²) in [6.45, 7) is 4.61. The van der Waals surface area contributed by atoms with Crippen LogP contribution in [0.3, 0.4) is 0 Å². The van der Waals surface area contributed by atoms with Crippen molar-refractivity contribution in [3.63, 3.8) is 0 Å². The maximum atomic E-state index is 13.5. The highest BCUT2D eigenvalue weighted by molar-refractivity contribution is 5.77. The SMILES string of the molecule is C[C@@H]1CN(C(=O)Cn2cnc3c(nnn3-c3cccc(F)c3)c2=O)C[C@H](C)O1. The Labute approximate surface area is 159 Å². The van der Waals surface area contributed by atoms with Crippen molar-refractivity contribution in [3.8, 4) is 5.69 Å². The van der Waals surface area contributed by atoms with Crippen LogP contribution in [0.1, 0.15) is 13.8 Å². The Bertz CT molecular complexity index is 1080. The van der Waals surface area contributed by atoms with Crippen LogP contribution in [0, 0.1) is 5.82 Å². The number of aromatic nitrogens is 5. The van der Waals surface area contributed by atoms with Gasteiger partial charge in [-0.2, -0.15) is 4.68 Å². The second-order valence-electron chi connectivity index (χ2n) is 6.89. The van der Waals surface area contributed by atoms with Crippen molar-refractivity contribution in [2.45, 2.75) is 32.6 Å². The van der Waals surface area contributed by atoms with Crippen LogP contribution >= 0.6 is 0 Å². The second-order valence-corrected chi connectivity index (χ2v) is 6.89. The van der Waals surface area contributed by atoms with E-state index in [1.54, 1.807) is 11.0 Å². The van der Waals surface area contributed by atoms with Gasteiger partial charge >= 0.3 is 0 Å². The average Bonchev–Trinajstić information content (AvgIpc) is 3.08. The number of amides is 1. The van der Waals surface area contributed by atoms with E-state index >= 15 is 0 Å².